The van der Waals surface area contributed by atoms with Crippen LogP contribution >= 0.6 is 0 Å². The molecule has 1 amide bonds. The number of amides is 1. The Kier molecular flexibility index (Phi) is 3.49. The summed E-state index contributed by atoms with van der Waals surface area (Å²) < 4.78 is 27.1. The fraction of sp³-hybridized carbons (Fsp3) is 0.389. The lowest BCUT2D eigenvalue weighted by Crippen LogP contribution is -2.34. The lowest BCUT2D eigenvalue weighted by molar-refractivity contribution is 0.0931. The second-order valence-corrected chi connectivity index (χ2v) is 7.12. The molecular formula is C18H17F2N3O2. The molecule has 7 heteroatoms. The zero-order valence-corrected chi connectivity index (χ0v) is 13.4. The van der Waals surface area contributed by atoms with Crippen molar-refractivity contribution in [1.82, 2.24) is 15.3 Å². The molecule has 5 nitrogen and oxygen atoms in total. The van der Waals surface area contributed by atoms with E-state index in [4.69, 9.17) is 0 Å². The fourth-order valence-corrected chi connectivity index (χ4v) is 3.87. The highest BCUT2D eigenvalue weighted by Gasteiger charge is 2.73. The Balaban J connectivity index is 1.49. The first-order valence-electron chi connectivity index (χ1n) is 8.21. The van der Waals surface area contributed by atoms with Crippen LogP contribution in [0.5, 0.6) is 0 Å². The second-order valence-electron chi connectivity index (χ2n) is 7.12. The van der Waals surface area contributed by atoms with Crippen molar-refractivity contribution in [3.05, 3.63) is 63.8 Å². The van der Waals surface area contributed by atoms with Crippen LogP contribution in [0.2, 0.25) is 0 Å². The van der Waals surface area contributed by atoms with E-state index >= 15 is 0 Å². The van der Waals surface area contributed by atoms with Crippen LogP contribution < -0.4 is 10.9 Å². The predicted molar refractivity (Wildman–Crippen MR) is 86.0 cm³/mol. The number of hydrogen-bond acceptors (Lipinski definition) is 3. The van der Waals surface area contributed by atoms with Gasteiger partial charge in [0.05, 0.1) is 0 Å². The summed E-state index contributed by atoms with van der Waals surface area (Å²) in [6, 6.07) is 4.85. The van der Waals surface area contributed by atoms with Crippen LogP contribution in [-0.2, 0) is 6.42 Å². The summed E-state index contributed by atoms with van der Waals surface area (Å²) in [4.78, 5) is 29.7. The maximum absolute atomic E-state index is 14.0. The highest BCUT2D eigenvalue weighted by atomic mass is 19.1. The molecule has 0 bridgehead atoms. The van der Waals surface area contributed by atoms with E-state index in [9.17, 15) is 18.4 Å². The van der Waals surface area contributed by atoms with Gasteiger partial charge in [0, 0.05) is 24.9 Å². The number of hydrogen-bond donors (Lipinski definition) is 2. The zero-order chi connectivity index (χ0) is 17.7. The molecule has 2 saturated carbocycles. The summed E-state index contributed by atoms with van der Waals surface area (Å²) in [5.41, 5.74) is 0.0219. The molecule has 1 spiro atoms. The van der Waals surface area contributed by atoms with E-state index in [1.165, 1.54) is 24.4 Å². The van der Waals surface area contributed by atoms with E-state index in [-0.39, 0.29) is 16.7 Å². The van der Waals surface area contributed by atoms with Crippen molar-refractivity contribution in [3.8, 4) is 0 Å². The van der Waals surface area contributed by atoms with Crippen LogP contribution in [0.15, 0.2) is 35.3 Å². The molecule has 1 aromatic carbocycles. The van der Waals surface area contributed by atoms with E-state index in [0.717, 1.165) is 25.3 Å². The molecule has 130 valence electrons. The van der Waals surface area contributed by atoms with Gasteiger partial charge in [0.15, 0.2) is 5.82 Å². The highest BCUT2D eigenvalue weighted by Crippen LogP contribution is 2.79. The Labute approximate surface area is 142 Å². The first-order valence-corrected chi connectivity index (χ1v) is 8.21. The molecule has 1 heterocycles. The van der Waals surface area contributed by atoms with Crippen molar-refractivity contribution in [1.29, 1.82) is 0 Å². The maximum atomic E-state index is 14.0. The van der Waals surface area contributed by atoms with E-state index in [0.29, 0.717) is 18.5 Å². The minimum Gasteiger partial charge on any atom is -0.349 e. The molecule has 0 aliphatic heterocycles. The molecule has 0 radical (unpaired) electrons. The number of carbonyl (C=O) groups is 1. The number of nitrogens with one attached hydrogen (secondary N) is 2. The Morgan fingerprint density at radius 1 is 1.28 bits per heavy atom. The van der Waals surface area contributed by atoms with Gasteiger partial charge in [-0.05, 0) is 48.1 Å². The Morgan fingerprint density at radius 3 is 2.72 bits per heavy atom. The predicted octanol–water partition coefficient (Wildman–Crippen LogP) is 2.19. The van der Waals surface area contributed by atoms with Crippen molar-refractivity contribution >= 4 is 5.91 Å². The maximum Gasteiger partial charge on any atom is 0.287 e. The normalized spacial score (nSPS) is 22.6. The lowest BCUT2D eigenvalue weighted by atomic mass is 9.92. The summed E-state index contributed by atoms with van der Waals surface area (Å²) in [5.74, 6) is -1.65. The minimum atomic E-state index is -0.598. The van der Waals surface area contributed by atoms with E-state index < -0.39 is 23.1 Å². The van der Waals surface area contributed by atoms with Gasteiger partial charge >= 0.3 is 0 Å². The molecule has 4 rings (SSSR count). The van der Waals surface area contributed by atoms with Gasteiger partial charge in [-0.15, -0.1) is 0 Å². The van der Waals surface area contributed by atoms with Crippen molar-refractivity contribution in [2.45, 2.75) is 25.7 Å². The average Bonchev–Trinajstić information content (AvgIpc) is 3.47. The molecule has 2 aromatic rings. The topological polar surface area (TPSA) is 74.8 Å². The quantitative estimate of drug-likeness (QED) is 0.872. The fourth-order valence-electron chi connectivity index (χ4n) is 3.87. The molecule has 2 fully saturated rings. The number of aromatic nitrogens is 2. The summed E-state index contributed by atoms with van der Waals surface area (Å²) in [5, 5.41) is 2.81. The van der Waals surface area contributed by atoms with Gasteiger partial charge in [0.25, 0.3) is 11.5 Å². The van der Waals surface area contributed by atoms with Crippen molar-refractivity contribution in [2.24, 2.45) is 10.8 Å². The summed E-state index contributed by atoms with van der Waals surface area (Å²) >= 11 is 0. The monoisotopic (exact) mass is 345 g/mol. The van der Waals surface area contributed by atoms with Crippen molar-refractivity contribution < 1.29 is 13.6 Å². The molecule has 1 atom stereocenters. The third-order valence-electron chi connectivity index (χ3n) is 5.55. The van der Waals surface area contributed by atoms with Crippen molar-refractivity contribution in [3.63, 3.8) is 0 Å². The first kappa shape index (κ1) is 15.9. The first-order chi connectivity index (χ1) is 11.9. The van der Waals surface area contributed by atoms with Gasteiger partial charge < -0.3 is 10.3 Å². The van der Waals surface area contributed by atoms with Crippen LogP contribution in [0.1, 0.15) is 35.4 Å². The molecule has 0 unspecified atom stereocenters. The van der Waals surface area contributed by atoms with Gasteiger partial charge in [-0.1, -0.05) is 6.07 Å². The largest absolute Gasteiger partial charge is 0.349 e. The zero-order valence-electron chi connectivity index (χ0n) is 13.4. The molecule has 0 saturated heterocycles. The number of halogens is 2. The lowest BCUT2D eigenvalue weighted by Gasteiger charge is -2.18. The molecular weight excluding hydrogens is 328 g/mol. The van der Waals surface area contributed by atoms with Gasteiger partial charge in [0.2, 0.25) is 0 Å². The van der Waals surface area contributed by atoms with Crippen LogP contribution in [0.3, 0.4) is 0 Å². The summed E-state index contributed by atoms with van der Waals surface area (Å²) in [7, 11) is 0. The van der Waals surface area contributed by atoms with Gasteiger partial charge in [-0.25, -0.2) is 13.8 Å². The van der Waals surface area contributed by atoms with Crippen LogP contribution in [0.4, 0.5) is 8.78 Å². The Bertz CT molecular complexity index is 907. The van der Waals surface area contributed by atoms with E-state index in [1.54, 1.807) is 0 Å². The average molecular weight is 345 g/mol. The third-order valence-corrected chi connectivity index (χ3v) is 5.55. The number of carbonyl (C=O) groups excluding carboxylic acids is 1. The highest BCUT2D eigenvalue weighted by molar-refractivity contribution is 5.90. The minimum absolute atomic E-state index is 0.0406. The molecule has 2 N–H and O–H groups in total. The third kappa shape index (κ3) is 2.83. The van der Waals surface area contributed by atoms with Gasteiger partial charge in [-0.3, -0.25) is 9.59 Å². The van der Waals surface area contributed by atoms with Gasteiger partial charge in [-0.2, -0.15) is 0 Å². The number of aromatic amines is 1. The summed E-state index contributed by atoms with van der Waals surface area (Å²) in [6.07, 6.45) is 4.77. The number of benzene rings is 1. The molecule has 2 aliphatic carbocycles. The van der Waals surface area contributed by atoms with Crippen LogP contribution in [-0.4, -0.2) is 22.4 Å². The molecule has 2 aliphatic rings. The standard InChI is InChI=1S/C18H17F2N3O2/c19-12-2-1-11(13(20)7-12)8-18(9-17(18)4-5-17)10-22-16(25)15-21-6-3-14(24)23-15/h1-3,6-7H,4-5,8-10H2,(H,22,25)(H,21,23,24)/t18-/m0/s1. The smallest absolute Gasteiger partial charge is 0.287 e. The second kappa shape index (κ2) is 5.47. The van der Waals surface area contributed by atoms with Crippen LogP contribution in [0.25, 0.3) is 0 Å². The number of nitrogens with zero attached hydrogens (tertiary/aromatic N) is 1. The van der Waals surface area contributed by atoms with Gasteiger partial charge in [0.1, 0.15) is 11.6 Å². The van der Waals surface area contributed by atoms with E-state index in [1.807, 2.05) is 0 Å². The van der Waals surface area contributed by atoms with Crippen LogP contribution in [0, 0.1) is 22.5 Å². The number of rotatable bonds is 5. The van der Waals surface area contributed by atoms with E-state index in [2.05, 4.69) is 15.3 Å². The Morgan fingerprint density at radius 2 is 2.08 bits per heavy atom. The summed E-state index contributed by atoms with van der Waals surface area (Å²) in [6.45, 7) is 0.376. The number of H-pyrrole nitrogens is 1. The molecule has 25 heavy (non-hydrogen) atoms. The Hall–Kier alpha value is -2.57. The molecule has 1 aromatic heterocycles. The SMILES string of the molecule is O=C(NC[C@]1(Cc2ccc(F)cc2F)CC12CC2)c1nccc(=O)[nH]1. The van der Waals surface area contributed by atoms with Crippen molar-refractivity contribution in [2.75, 3.05) is 6.54 Å².